The van der Waals surface area contributed by atoms with Crippen molar-refractivity contribution in [1.29, 1.82) is 0 Å². The van der Waals surface area contributed by atoms with E-state index in [1.807, 2.05) is 0 Å². The van der Waals surface area contributed by atoms with Crippen molar-refractivity contribution in [2.75, 3.05) is 0 Å². The lowest BCUT2D eigenvalue weighted by atomic mass is 9.47. The van der Waals surface area contributed by atoms with Crippen molar-refractivity contribution in [1.82, 2.24) is 0 Å². The van der Waals surface area contributed by atoms with E-state index < -0.39 is 0 Å². The summed E-state index contributed by atoms with van der Waals surface area (Å²) in [6.45, 7) is 14.9. The Bertz CT molecular complexity index is 691. The van der Waals surface area contributed by atoms with Crippen LogP contribution in [0.1, 0.15) is 99.3 Å². The maximum atomic E-state index is 2.71. The van der Waals surface area contributed by atoms with E-state index in [2.05, 4.69) is 65.8 Å². The van der Waals surface area contributed by atoms with E-state index in [0.717, 1.165) is 29.6 Å². The Labute approximate surface area is 181 Å². The van der Waals surface area contributed by atoms with Gasteiger partial charge < -0.3 is 0 Å². The molecule has 7 atom stereocenters. The third kappa shape index (κ3) is 3.51. The molecular weight excluding hydrogens is 348 g/mol. The van der Waals surface area contributed by atoms with Crippen molar-refractivity contribution in [3.8, 4) is 0 Å². The Morgan fingerprint density at radius 3 is 2.62 bits per heavy atom. The highest BCUT2D eigenvalue weighted by Gasteiger charge is 2.58. The lowest BCUT2D eigenvalue weighted by Gasteiger charge is -2.57. The maximum absolute atomic E-state index is 2.71. The van der Waals surface area contributed by atoms with Gasteiger partial charge in [0.2, 0.25) is 0 Å². The average Bonchev–Trinajstić information content (AvgIpc) is 3.05. The van der Waals surface area contributed by atoms with E-state index in [0.29, 0.717) is 16.7 Å². The molecule has 4 aliphatic rings. The van der Waals surface area contributed by atoms with Crippen LogP contribution in [0.5, 0.6) is 0 Å². The number of hydrogen-bond acceptors (Lipinski definition) is 0. The van der Waals surface area contributed by atoms with Crippen LogP contribution in [-0.2, 0) is 0 Å². The Kier molecular flexibility index (Phi) is 5.95. The molecule has 4 aliphatic carbocycles. The van der Waals surface area contributed by atoms with Gasteiger partial charge in [0, 0.05) is 0 Å². The average molecular weight is 395 g/mol. The van der Waals surface area contributed by atoms with Crippen LogP contribution in [0.2, 0.25) is 0 Å². The molecule has 0 saturated heterocycles. The summed E-state index contributed by atoms with van der Waals surface area (Å²) in [5.41, 5.74) is 4.43. The molecule has 0 heteroatoms. The molecule has 0 spiro atoms. The molecule has 2 saturated carbocycles. The third-order valence-electron chi connectivity index (χ3n) is 10.4. The highest BCUT2D eigenvalue weighted by molar-refractivity contribution is 5.34. The molecule has 0 heterocycles. The standard InChI is InChI=1S/C29H46/c1-7-22(20(2)3)12-11-21(4)25-15-16-26-24-14-13-23-10-8-9-18-28(23,5)27(24)17-19-29(25,26)6/h7-8,10,13,20-21,24-27H,9,11-12,14-19H2,1-6H3/t21-,24-,25-,26+,27+,28+,29-/m1/s1. The van der Waals surface area contributed by atoms with Gasteiger partial charge in [-0.05, 0) is 117 Å². The van der Waals surface area contributed by atoms with Crippen LogP contribution in [0.25, 0.3) is 0 Å². The van der Waals surface area contributed by atoms with E-state index in [-0.39, 0.29) is 0 Å². The summed E-state index contributed by atoms with van der Waals surface area (Å²) in [5.74, 6) is 5.40. The number of hydrogen-bond donors (Lipinski definition) is 0. The fourth-order valence-corrected chi connectivity index (χ4v) is 8.64. The van der Waals surface area contributed by atoms with Crippen LogP contribution in [0, 0.1) is 46.3 Å². The predicted octanol–water partition coefficient (Wildman–Crippen LogP) is 8.75. The highest BCUT2D eigenvalue weighted by atomic mass is 14.6. The van der Waals surface area contributed by atoms with E-state index >= 15 is 0 Å². The summed E-state index contributed by atoms with van der Waals surface area (Å²) in [6, 6.07) is 0. The quantitative estimate of drug-likeness (QED) is 0.409. The molecule has 0 bridgehead atoms. The van der Waals surface area contributed by atoms with Gasteiger partial charge in [-0.3, -0.25) is 0 Å². The number of allylic oxidation sites excluding steroid dienone is 6. The second-order valence-electron chi connectivity index (χ2n) is 11.9. The molecule has 0 unspecified atom stereocenters. The topological polar surface area (TPSA) is 0 Å². The molecule has 0 radical (unpaired) electrons. The molecule has 29 heavy (non-hydrogen) atoms. The zero-order valence-electron chi connectivity index (χ0n) is 20.1. The summed E-state index contributed by atoms with van der Waals surface area (Å²) in [6.07, 6.45) is 22.6. The van der Waals surface area contributed by atoms with Gasteiger partial charge in [0.15, 0.2) is 0 Å². The lowest BCUT2D eigenvalue weighted by molar-refractivity contribution is -0.0449. The minimum absolute atomic E-state index is 0.473. The zero-order chi connectivity index (χ0) is 20.8. The Hall–Kier alpha value is -0.780. The first-order valence-corrected chi connectivity index (χ1v) is 12.8. The van der Waals surface area contributed by atoms with Crippen molar-refractivity contribution in [3.05, 3.63) is 35.5 Å². The monoisotopic (exact) mass is 394 g/mol. The molecular formula is C29H46. The van der Waals surface area contributed by atoms with Crippen molar-refractivity contribution < 1.29 is 0 Å². The van der Waals surface area contributed by atoms with Crippen LogP contribution in [-0.4, -0.2) is 0 Å². The first-order chi connectivity index (χ1) is 13.8. The largest absolute Gasteiger partial charge is 0.0882 e. The Balaban J connectivity index is 1.49. The maximum Gasteiger partial charge on any atom is -0.00445 e. The van der Waals surface area contributed by atoms with Crippen LogP contribution < -0.4 is 0 Å². The second-order valence-corrected chi connectivity index (χ2v) is 11.9. The summed E-state index contributed by atoms with van der Waals surface area (Å²) in [5, 5.41) is 0. The molecule has 4 rings (SSSR count). The second kappa shape index (κ2) is 8.05. The third-order valence-corrected chi connectivity index (χ3v) is 10.4. The van der Waals surface area contributed by atoms with Gasteiger partial charge >= 0.3 is 0 Å². The Morgan fingerprint density at radius 1 is 1.10 bits per heavy atom. The predicted molar refractivity (Wildman–Crippen MR) is 127 cm³/mol. The molecule has 0 aromatic rings. The van der Waals surface area contributed by atoms with Crippen LogP contribution >= 0.6 is 0 Å². The fourth-order valence-electron chi connectivity index (χ4n) is 8.64. The van der Waals surface area contributed by atoms with Gasteiger partial charge in [-0.25, -0.2) is 0 Å². The van der Waals surface area contributed by atoms with Crippen molar-refractivity contribution in [2.24, 2.45) is 46.3 Å². The van der Waals surface area contributed by atoms with Crippen LogP contribution in [0.15, 0.2) is 35.5 Å². The Morgan fingerprint density at radius 2 is 1.90 bits per heavy atom. The summed E-state index contributed by atoms with van der Waals surface area (Å²) >= 11 is 0. The van der Waals surface area contributed by atoms with Crippen molar-refractivity contribution in [3.63, 3.8) is 0 Å². The SMILES string of the molecule is CC=C(CC[C@@H](C)[C@H]1CC[C@H]2[C@H]3CC=C4C=CCC[C@]4(C)[C@H]3CC[C@]12C)C(C)C. The molecule has 0 aromatic carbocycles. The van der Waals surface area contributed by atoms with Gasteiger partial charge in [-0.2, -0.15) is 0 Å². The molecule has 2 fully saturated rings. The van der Waals surface area contributed by atoms with E-state index in [1.54, 1.807) is 11.1 Å². The minimum atomic E-state index is 0.473. The summed E-state index contributed by atoms with van der Waals surface area (Å²) in [7, 11) is 0. The molecule has 162 valence electrons. The minimum Gasteiger partial charge on any atom is -0.0882 e. The lowest BCUT2D eigenvalue weighted by Crippen LogP contribution is -2.49. The van der Waals surface area contributed by atoms with Gasteiger partial charge in [0.05, 0.1) is 0 Å². The van der Waals surface area contributed by atoms with E-state index in [4.69, 9.17) is 0 Å². The summed E-state index contributed by atoms with van der Waals surface area (Å²) in [4.78, 5) is 0. The summed E-state index contributed by atoms with van der Waals surface area (Å²) < 4.78 is 0. The van der Waals surface area contributed by atoms with Gasteiger partial charge in [-0.15, -0.1) is 0 Å². The molecule has 0 aromatic heterocycles. The van der Waals surface area contributed by atoms with E-state index in [1.165, 1.54) is 57.8 Å². The van der Waals surface area contributed by atoms with Gasteiger partial charge in [0.1, 0.15) is 0 Å². The molecule has 0 N–H and O–H groups in total. The normalized spacial score (nSPS) is 42.9. The number of fused-ring (bicyclic) bond motifs is 5. The van der Waals surface area contributed by atoms with Gasteiger partial charge in [0.25, 0.3) is 0 Å². The molecule has 0 amide bonds. The van der Waals surface area contributed by atoms with Crippen LogP contribution in [0.4, 0.5) is 0 Å². The first kappa shape index (κ1) is 21.5. The van der Waals surface area contributed by atoms with Crippen molar-refractivity contribution in [2.45, 2.75) is 99.3 Å². The fraction of sp³-hybridized carbons (Fsp3) is 0.793. The smallest absolute Gasteiger partial charge is 0.00445 e. The zero-order valence-corrected chi connectivity index (χ0v) is 20.1. The van der Waals surface area contributed by atoms with Crippen molar-refractivity contribution >= 4 is 0 Å². The highest BCUT2D eigenvalue weighted by Crippen LogP contribution is 2.66. The van der Waals surface area contributed by atoms with Crippen LogP contribution in [0.3, 0.4) is 0 Å². The van der Waals surface area contributed by atoms with E-state index in [9.17, 15) is 0 Å². The van der Waals surface area contributed by atoms with Gasteiger partial charge in [-0.1, -0.05) is 64.5 Å². The molecule has 0 aliphatic heterocycles. The molecule has 0 nitrogen and oxygen atoms in total. The first-order valence-electron chi connectivity index (χ1n) is 12.8. The number of rotatable bonds is 5.